The van der Waals surface area contributed by atoms with Gasteiger partial charge in [-0.1, -0.05) is 0 Å². The number of piperidine rings is 1. The SMILES string of the molecule is O=C(O)C1CCc2nnc(CC3CCCNC3)n2C1. The fraction of sp³-hybridized carbons (Fsp3) is 0.769. The van der Waals surface area contributed by atoms with E-state index in [1.54, 1.807) is 0 Å². The van der Waals surface area contributed by atoms with Gasteiger partial charge in [-0.15, -0.1) is 10.2 Å². The Bertz CT molecular complexity index is 465. The van der Waals surface area contributed by atoms with Crippen molar-refractivity contribution in [2.24, 2.45) is 11.8 Å². The molecule has 1 aromatic rings. The summed E-state index contributed by atoms with van der Waals surface area (Å²) in [6, 6.07) is 0. The number of aryl methyl sites for hydroxylation is 1. The van der Waals surface area contributed by atoms with Gasteiger partial charge in [-0.3, -0.25) is 4.79 Å². The van der Waals surface area contributed by atoms with Crippen LogP contribution < -0.4 is 5.32 Å². The molecule has 0 spiro atoms. The lowest BCUT2D eigenvalue weighted by atomic mass is 9.95. The van der Waals surface area contributed by atoms with Crippen molar-refractivity contribution in [1.29, 1.82) is 0 Å². The number of nitrogens with zero attached hydrogens (tertiary/aromatic N) is 3. The van der Waals surface area contributed by atoms with Gasteiger partial charge in [0.05, 0.1) is 5.92 Å². The molecule has 6 nitrogen and oxygen atoms in total. The van der Waals surface area contributed by atoms with Crippen molar-refractivity contribution in [3.05, 3.63) is 11.6 Å². The second kappa shape index (κ2) is 5.28. The molecule has 0 bridgehead atoms. The normalized spacial score (nSPS) is 26.9. The van der Waals surface area contributed by atoms with Crippen LogP contribution in [0.15, 0.2) is 0 Å². The van der Waals surface area contributed by atoms with E-state index in [0.717, 1.165) is 37.6 Å². The molecule has 104 valence electrons. The van der Waals surface area contributed by atoms with Crippen molar-refractivity contribution in [2.45, 2.75) is 38.6 Å². The van der Waals surface area contributed by atoms with E-state index in [9.17, 15) is 4.79 Å². The van der Waals surface area contributed by atoms with E-state index in [4.69, 9.17) is 5.11 Å². The standard InChI is InChI=1S/C13H20N4O2/c18-13(19)10-3-4-11-15-16-12(17(11)8-10)6-9-2-1-5-14-7-9/h9-10,14H,1-8H2,(H,18,19). The number of fused-ring (bicyclic) bond motifs is 1. The summed E-state index contributed by atoms with van der Waals surface area (Å²) < 4.78 is 2.04. The molecular weight excluding hydrogens is 244 g/mol. The fourth-order valence-corrected chi connectivity index (χ4v) is 3.09. The molecule has 6 heteroatoms. The van der Waals surface area contributed by atoms with Gasteiger partial charge in [0.1, 0.15) is 11.6 Å². The predicted octanol–water partition coefficient (Wildman–Crippen LogP) is 0.467. The maximum Gasteiger partial charge on any atom is 0.308 e. The molecular formula is C13H20N4O2. The first kappa shape index (κ1) is 12.6. The number of hydrogen-bond donors (Lipinski definition) is 2. The lowest BCUT2D eigenvalue weighted by Gasteiger charge is -2.24. The third-order valence-electron chi connectivity index (χ3n) is 4.24. The smallest absolute Gasteiger partial charge is 0.308 e. The Labute approximate surface area is 112 Å². The third kappa shape index (κ3) is 2.63. The molecule has 2 N–H and O–H groups in total. The summed E-state index contributed by atoms with van der Waals surface area (Å²) in [6.45, 7) is 2.67. The van der Waals surface area contributed by atoms with E-state index >= 15 is 0 Å². The Morgan fingerprint density at radius 2 is 2.32 bits per heavy atom. The van der Waals surface area contributed by atoms with Gasteiger partial charge in [-0.05, 0) is 38.3 Å². The van der Waals surface area contributed by atoms with Crippen LogP contribution in [-0.2, 0) is 24.2 Å². The van der Waals surface area contributed by atoms with Crippen LogP contribution in [0, 0.1) is 11.8 Å². The highest BCUT2D eigenvalue weighted by Gasteiger charge is 2.28. The van der Waals surface area contributed by atoms with Crippen LogP contribution in [0.3, 0.4) is 0 Å². The molecule has 19 heavy (non-hydrogen) atoms. The van der Waals surface area contributed by atoms with Crippen LogP contribution in [0.1, 0.15) is 30.9 Å². The third-order valence-corrected chi connectivity index (χ3v) is 4.24. The topological polar surface area (TPSA) is 80.0 Å². The lowest BCUT2D eigenvalue weighted by molar-refractivity contribution is -0.142. The first-order valence-electron chi connectivity index (χ1n) is 7.08. The van der Waals surface area contributed by atoms with Crippen LogP contribution >= 0.6 is 0 Å². The average molecular weight is 264 g/mol. The minimum Gasteiger partial charge on any atom is -0.481 e. The Morgan fingerprint density at radius 3 is 3.05 bits per heavy atom. The van der Waals surface area contributed by atoms with E-state index in [0.29, 0.717) is 18.9 Å². The van der Waals surface area contributed by atoms with E-state index in [1.807, 2.05) is 4.57 Å². The zero-order chi connectivity index (χ0) is 13.2. The lowest BCUT2D eigenvalue weighted by Crippen LogP contribution is -2.32. The highest BCUT2D eigenvalue weighted by Crippen LogP contribution is 2.23. The van der Waals surface area contributed by atoms with Crippen molar-refractivity contribution in [1.82, 2.24) is 20.1 Å². The Morgan fingerprint density at radius 1 is 1.42 bits per heavy atom. The minimum atomic E-state index is -0.704. The monoisotopic (exact) mass is 264 g/mol. The number of hydrogen-bond acceptors (Lipinski definition) is 4. The molecule has 2 atom stereocenters. The molecule has 3 rings (SSSR count). The first-order valence-corrected chi connectivity index (χ1v) is 7.08. The van der Waals surface area contributed by atoms with Gasteiger partial charge in [0, 0.05) is 19.4 Å². The summed E-state index contributed by atoms with van der Waals surface area (Å²) in [5.41, 5.74) is 0. The van der Waals surface area contributed by atoms with E-state index < -0.39 is 5.97 Å². The molecule has 2 aliphatic heterocycles. The summed E-state index contributed by atoms with van der Waals surface area (Å²) in [7, 11) is 0. The van der Waals surface area contributed by atoms with Gasteiger partial charge in [0.2, 0.25) is 0 Å². The number of carboxylic acid groups (broad SMARTS) is 1. The molecule has 1 saturated heterocycles. The van der Waals surface area contributed by atoms with Gasteiger partial charge in [-0.2, -0.15) is 0 Å². The van der Waals surface area contributed by atoms with Crippen LogP contribution in [0.2, 0.25) is 0 Å². The molecule has 1 aromatic heterocycles. The molecule has 0 radical (unpaired) electrons. The van der Waals surface area contributed by atoms with Crippen LogP contribution in [0.25, 0.3) is 0 Å². The summed E-state index contributed by atoms with van der Waals surface area (Å²) in [4.78, 5) is 11.1. The van der Waals surface area contributed by atoms with Crippen LogP contribution in [0.5, 0.6) is 0 Å². The van der Waals surface area contributed by atoms with Crippen molar-refractivity contribution >= 4 is 5.97 Å². The molecule has 2 aliphatic rings. The minimum absolute atomic E-state index is 0.285. The largest absolute Gasteiger partial charge is 0.481 e. The Kier molecular flexibility index (Phi) is 3.50. The Balaban J connectivity index is 1.73. The van der Waals surface area contributed by atoms with E-state index in [1.165, 1.54) is 12.8 Å². The number of aromatic nitrogens is 3. The van der Waals surface area contributed by atoms with Crippen LogP contribution in [-0.4, -0.2) is 38.9 Å². The zero-order valence-corrected chi connectivity index (χ0v) is 11.0. The maximum atomic E-state index is 11.1. The predicted molar refractivity (Wildman–Crippen MR) is 68.8 cm³/mol. The van der Waals surface area contributed by atoms with Crippen molar-refractivity contribution in [2.75, 3.05) is 13.1 Å². The molecule has 2 unspecified atom stereocenters. The number of carbonyl (C=O) groups is 1. The summed E-state index contributed by atoms with van der Waals surface area (Å²) in [5.74, 6) is 1.54. The average Bonchev–Trinajstić information content (AvgIpc) is 2.82. The van der Waals surface area contributed by atoms with Gasteiger partial charge in [-0.25, -0.2) is 0 Å². The van der Waals surface area contributed by atoms with Crippen molar-refractivity contribution in [3.8, 4) is 0 Å². The summed E-state index contributed by atoms with van der Waals surface area (Å²) >= 11 is 0. The van der Waals surface area contributed by atoms with Gasteiger partial charge < -0.3 is 15.0 Å². The molecule has 1 fully saturated rings. The quantitative estimate of drug-likeness (QED) is 0.829. The molecule has 0 aromatic carbocycles. The Hall–Kier alpha value is -1.43. The second-order valence-corrected chi connectivity index (χ2v) is 5.63. The van der Waals surface area contributed by atoms with Gasteiger partial charge in [0.15, 0.2) is 0 Å². The second-order valence-electron chi connectivity index (χ2n) is 5.63. The number of aliphatic carboxylic acids is 1. The summed E-state index contributed by atoms with van der Waals surface area (Å²) in [6.07, 6.45) is 4.75. The van der Waals surface area contributed by atoms with E-state index in [2.05, 4.69) is 15.5 Å². The highest BCUT2D eigenvalue weighted by molar-refractivity contribution is 5.70. The highest BCUT2D eigenvalue weighted by atomic mass is 16.4. The molecule has 0 amide bonds. The van der Waals surface area contributed by atoms with Crippen molar-refractivity contribution in [3.63, 3.8) is 0 Å². The van der Waals surface area contributed by atoms with Gasteiger partial charge in [0.25, 0.3) is 0 Å². The van der Waals surface area contributed by atoms with Crippen LogP contribution in [0.4, 0.5) is 0 Å². The molecule has 3 heterocycles. The van der Waals surface area contributed by atoms with Crippen molar-refractivity contribution < 1.29 is 9.90 Å². The maximum absolute atomic E-state index is 11.1. The molecule has 0 saturated carbocycles. The summed E-state index contributed by atoms with van der Waals surface area (Å²) in [5, 5.41) is 21.0. The molecule has 0 aliphatic carbocycles. The van der Waals surface area contributed by atoms with Gasteiger partial charge >= 0.3 is 5.97 Å². The number of carboxylic acids is 1. The fourth-order valence-electron chi connectivity index (χ4n) is 3.09. The first-order chi connectivity index (χ1) is 9.24. The number of nitrogens with one attached hydrogen (secondary N) is 1. The zero-order valence-electron chi connectivity index (χ0n) is 11.0. The number of rotatable bonds is 3. The van der Waals surface area contributed by atoms with E-state index in [-0.39, 0.29) is 5.92 Å².